The van der Waals surface area contributed by atoms with Crippen molar-refractivity contribution in [2.45, 2.75) is 19.9 Å². The predicted octanol–water partition coefficient (Wildman–Crippen LogP) is 4.89. The van der Waals surface area contributed by atoms with Gasteiger partial charge in [-0.1, -0.05) is 48.9 Å². The molecule has 32 heavy (non-hydrogen) atoms. The molecule has 1 amide bonds. The normalized spacial score (nSPS) is 11.1. The molecular weight excluding hydrogens is 448 g/mol. The molecular formula is C24H25ClN2O4S. The number of benzene rings is 3. The number of hydrogen-bond donors (Lipinski definition) is 1. The molecule has 8 heteroatoms. The molecule has 0 saturated carbocycles. The molecule has 168 valence electrons. The molecule has 3 aromatic carbocycles. The summed E-state index contributed by atoms with van der Waals surface area (Å²) in [5.74, 6) is 0.172. The van der Waals surface area contributed by atoms with Crippen LogP contribution < -0.4 is 14.4 Å². The molecule has 3 aromatic rings. The summed E-state index contributed by atoms with van der Waals surface area (Å²) in [5.41, 5.74) is 3.07. The highest BCUT2D eigenvalue weighted by molar-refractivity contribution is 7.92. The molecule has 1 N–H and O–H groups in total. The minimum atomic E-state index is -3.54. The van der Waals surface area contributed by atoms with Gasteiger partial charge in [0.05, 0.1) is 18.5 Å². The first-order valence-corrected chi connectivity index (χ1v) is 12.3. The molecule has 0 aliphatic heterocycles. The van der Waals surface area contributed by atoms with Crippen LogP contribution in [0.15, 0.2) is 72.8 Å². The van der Waals surface area contributed by atoms with Crippen LogP contribution in [-0.4, -0.2) is 27.2 Å². The molecule has 0 heterocycles. The van der Waals surface area contributed by atoms with Crippen LogP contribution in [0, 0.1) is 0 Å². The first-order valence-electron chi connectivity index (χ1n) is 10.1. The molecule has 0 bridgehead atoms. The lowest BCUT2D eigenvalue weighted by atomic mass is 10.1. The van der Waals surface area contributed by atoms with Crippen LogP contribution in [0.2, 0.25) is 5.02 Å². The highest BCUT2D eigenvalue weighted by atomic mass is 35.5. The molecule has 0 spiro atoms. The Bertz CT molecular complexity index is 1160. The number of aryl methyl sites for hydroxylation is 1. The number of sulfonamides is 1. The van der Waals surface area contributed by atoms with E-state index in [1.54, 1.807) is 42.5 Å². The smallest absolute Gasteiger partial charge is 0.262 e. The maximum Gasteiger partial charge on any atom is 0.262 e. The number of amides is 1. The lowest BCUT2D eigenvalue weighted by Gasteiger charge is -2.23. The maximum atomic E-state index is 12.4. The van der Waals surface area contributed by atoms with Crippen LogP contribution in [-0.2, 0) is 27.8 Å². The highest BCUT2D eigenvalue weighted by Gasteiger charge is 2.19. The number of nitrogens with one attached hydrogen (secondary N) is 1. The van der Waals surface area contributed by atoms with Gasteiger partial charge in [0.1, 0.15) is 5.75 Å². The molecule has 6 nitrogen and oxygen atoms in total. The van der Waals surface area contributed by atoms with Crippen molar-refractivity contribution in [1.29, 1.82) is 0 Å². The first kappa shape index (κ1) is 23.6. The number of rotatable bonds is 9. The van der Waals surface area contributed by atoms with Crippen molar-refractivity contribution in [2.75, 3.05) is 22.5 Å². The molecule has 0 saturated heterocycles. The Hall–Kier alpha value is -3.03. The van der Waals surface area contributed by atoms with Gasteiger partial charge in [-0.3, -0.25) is 9.10 Å². The molecule has 0 aliphatic rings. The zero-order chi connectivity index (χ0) is 23.1. The van der Waals surface area contributed by atoms with Gasteiger partial charge in [0.2, 0.25) is 10.0 Å². The Kier molecular flexibility index (Phi) is 7.77. The number of carbonyl (C=O) groups is 1. The largest absolute Gasteiger partial charge is 0.484 e. The van der Waals surface area contributed by atoms with E-state index < -0.39 is 10.0 Å². The number of carbonyl (C=O) groups excluding carboxylic acids is 1. The second-order valence-corrected chi connectivity index (χ2v) is 9.56. The summed E-state index contributed by atoms with van der Waals surface area (Å²) in [6.07, 6.45) is 2.08. The molecule has 0 fully saturated rings. The first-order chi connectivity index (χ1) is 15.3. The van der Waals surface area contributed by atoms with Crippen molar-refractivity contribution in [2.24, 2.45) is 0 Å². The highest BCUT2D eigenvalue weighted by Crippen LogP contribution is 2.26. The fourth-order valence-corrected chi connectivity index (χ4v) is 4.13. The van der Waals surface area contributed by atoms with Crippen LogP contribution in [0.1, 0.15) is 18.1 Å². The standard InChI is InChI=1S/C24H25ClN2O4S/c1-3-18-8-10-20(11-9-18)26-24(28)17-31-22-14-12-21(13-15-22)27(32(2,29)30)16-19-6-4-5-7-23(19)25/h4-15H,3,16-17H2,1-2H3,(H,26,28). The van der Waals surface area contributed by atoms with E-state index in [-0.39, 0.29) is 19.1 Å². The summed E-state index contributed by atoms with van der Waals surface area (Å²) in [5, 5.41) is 3.28. The van der Waals surface area contributed by atoms with Crippen molar-refractivity contribution in [3.63, 3.8) is 0 Å². The average Bonchev–Trinajstić information content (AvgIpc) is 2.77. The van der Waals surface area contributed by atoms with E-state index in [4.69, 9.17) is 16.3 Å². The minimum Gasteiger partial charge on any atom is -0.484 e. The second-order valence-electron chi connectivity index (χ2n) is 7.24. The monoisotopic (exact) mass is 472 g/mol. The number of hydrogen-bond acceptors (Lipinski definition) is 4. The Morgan fingerprint density at radius 3 is 2.25 bits per heavy atom. The lowest BCUT2D eigenvalue weighted by Crippen LogP contribution is -2.29. The Morgan fingerprint density at radius 1 is 1.00 bits per heavy atom. The SMILES string of the molecule is CCc1ccc(NC(=O)COc2ccc(N(Cc3ccccc3Cl)S(C)(=O)=O)cc2)cc1. The molecule has 3 rings (SSSR count). The third kappa shape index (κ3) is 6.48. The van der Waals surface area contributed by atoms with Gasteiger partial charge < -0.3 is 10.1 Å². The van der Waals surface area contributed by atoms with Crippen LogP contribution in [0.3, 0.4) is 0 Å². The van der Waals surface area contributed by atoms with Gasteiger partial charge >= 0.3 is 0 Å². The van der Waals surface area contributed by atoms with Gasteiger partial charge in [-0.15, -0.1) is 0 Å². The summed E-state index contributed by atoms with van der Waals surface area (Å²) in [4.78, 5) is 12.1. The molecule has 0 aromatic heterocycles. The third-order valence-corrected chi connectivity index (χ3v) is 6.32. The van der Waals surface area contributed by atoms with Crippen LogP contribution in [0.5, 0.6) is 5.75 Å². The number of anilines is 2. The van der Waals surface area contributed by atoms with Crippen molar-refractivity contribution in [3.8, 4) is 5.75 Å². The van der Waals surface area contributed by atoms with Crippen LogP contribution >= 0.6 is 11.6 Å². The molecule has 0 aliphatic carbocycles. The van der Waals surface area contributed by atoms with E-state index in [9.17, 15) is 13.2 Å². The molecule has 0 atom stereocenters. The number of nitrogens with zero attached hydrogens (tertiary/aromatic N) is 1. The van der Waals surface area contributed by atoms with Crippen molar-refractivity contribution >= 4 is 38.9 Å². The van der Waals surface area contributed by atoms with E-state index in [1.807, 2.05) is 30.3 Å². The number of halogens is 1. The van der Waals surface area contributed by atoms with E-state index in [1.165, 1.54) is 9.87 Å². The predicted molar refractivity (Wildman–Crippen MR) is 129 cm³/mol. The Labute approximate surface area is 193 Å². The van der Waals surface area contributed by atoms with E-state index in [0.717, 1.165) is 12.7 Å². The van der Waals surface area contributed by atoms with Gasteiger partial charge in [0.25, 0.3) is 5.91 Å². The minimum absolute atomic E-state index is 0.109. The topological polar surface area (TPSA) is 75.7 Å². The van der Waals surface area contributed by atoms with Crippen molar-refractivity contribution in [3.05, 3.63) is 88.9 Å². The summed E-state index contributed by atoms with van der Waals surface area (Å²) < 4.78 is 31.5. The lowest BCUT2D eigenvalue weighted by molar-refractivity contribution is -0.118. The second kappa shape index (κ2) is 10.5. The van der Waals surface area contributed by atoms with Gasteiger partial charge in [-0.25, -0.2) is 8.42 Å². The fraction of sp³-hybridized carbons (Fsp3) is 0.208. The third-order valence-electron chi connectivity index (χ3n) is 4.81. The van der Waals surface area contributed by atoms with Crippen LogP contribution in [0.25, 0.3) is 0 Å². The average molecular weight is 473 g/mol. The Morgan fingerprint density at radius 2 is 1.66 bits per heavy atom. The fourth-order valence-electron chi connectivity index (χ4n) is 3.06. The molecule has 0 unspecified atom stereocenters. The number of ether oxygens (including phenoxy) is 1. The van der Waals surface area contributed by atoms with E-state index >= 15 is 0 Å². The van der Waals surface area contributed by atoms with Crippen molar-refractivity contribution in [1.82, 2.24) is 0 Å². The van der Waals surface area contributed by atoms with Crippen molar-refractivity contribution < 1.29 is 17.9 Å². The summed E-state index contributed by atoms with van der Waals surface area (Å²) in [6.45, 7) is 2.01. The summed E-state index contributed by atoms with van der Waals surface area (Å²) >= 11 is 6.20. The quantitative estimate of drug-likeness (QED) is 0.481. The molecule has 0 radical (unpaired) electrons. The zero-order valence-electron chi connectivity index (χ0n) is 17.9. The summed E-state index contributed by atoms with van der Waals surface area (Å²) in [7, 11) is -3.54. The van der Waals surface area contributed by atoms with Gasteiger partial charge in [-0.2, -0.15) is 0 Å². The Balaban J connectivity index is 1.63. The zero-order valence-corrected chi connectivity index (χ0v) is 19.5. The van der Waals surface area contributed by atoms with Gasteiger partial charge in [0.15, 0.2) is 6.61 Å². The van der Waals surface area contributed by atoms with E-state index in [0.29, 0.717) is 27.7 Å². The summed E-state index contributed by atoms with van der Waals surface area (Å²) in [6, 6.07) is 21.3. The van der Waals surface area contributed by atoms with E-state index in [2.05, 4.69) is 12.2 Å². The van der Waals surface area contributed by atoms with Gasteiger partial charge in [0, 0.05) is 10.7 Å². The maximum absolute atomic E-state index is 12.4. The van der Waals surface area contributed by atoms with Crippen LogP contribution in [0.4, 0.5) is 11.4 Å². The van der Waals surface area contributed by atoms with Gasteiger partial charge in [-0.05, 0) is 60.0 Å².